The fourth-order valence-electron chi connectivity index (χ4n) is 3.56. The minimum absolute atomic E-state index is 0. The van der Waals surface area contributed by atoms with Crippen molar-refractivity contribution in [3.63, 3.8) is 0 Å². The summed E-state index contributed by atoms with van der Waals surface area (Å²) in [7, 11) is -1.56. The Kier molecular flexibility index (Phi) is 10.0. The molecule has 3 rings (SSSR count). The molecule has 0 amide bonds. The first-order valence-corrected chi connectivity index (χ1v) is 12.0. The molecule has 1 fully saturated rings. The molecule has 1 aliphatic heterocycles. The Labute approximate surface area is 202 Å². The van der Waals surface area contributed by atoms with Gasteiger partial charge in [-0.3, -0.25) is 9.71 Å². The van der Waals surface area contributed by atoms with Crippen molar-refractivity contribution in [2.24, 2.45) is 10.9 Å². The van der Waals surface area contributed by atoms with Crippen LogP contribution in [0, 0.1) is 5.92 Å². The Morgan fingerprint density at radius 3 is 2.58 bits per heavy atom. The number of para-hydroxylation sites is 1. The summed E-state index contributed by atoms with van der Waals surface area (Å²) in [6.07, 6.45) is 2.21. The molecule has 0 saturated carbocycles. The number of halogens is 1. The van der Waals surface area contributed by atoms with Crippen molar-refractivity contribution in [2.75, 3.05) is 37.7 Å². The van der Waals surface area contributed by atoms with Crippen molar-refractivity contribution in [1.82, 2.24) is 10.2 Å². The van der Waals surface area contributed by atoms with Gasteiger partial charge >= 0.3 is 0 Å². The molecule has 2 aromatic carbocycles. The molecule has 2 aromatic rings. The maximum absolute atomic E-state index is 11.6. The lowest BCUT2D eigenvalue weighted by molar-refractivity contribution is 0.0906. The number of rotatable bonds is 8. The number of hydrogen-bond donors (Lipinski definition) is 2. The number of benzene rings is 2. The molecule has 1 aliphatic rings. The van der Waals surface area contributed by atoms with Crippen LogP contribution in [0.1, 0.15) is 17.5 Å². The van der Waals surface area contributed by atoms with Gasteiger partial charge in [-0.15, -0.1) is 24.0 Å². The van der Waals surface area contributed by atoms with E-state index in [2.05, 4.69) is 32.1 Å². The highest BCUT2D eigenvalue weighted by atomic mass is 127. The van der Waals surface area contributed by atoms with E-state index in [9.17, 15) is 8.42 Å². The predicted molar refractivity (Wildman–Crippen MR) is 136 cm³/mol. The van der Waals surface area contributed by atoms with E-state index in [1.54, 1.807) is 13.1 Å². The smallest absolute Gasteiger partial charge is 0.229 e. The van der Waals surface area contributed by atoms with Crippen molar-refractivity contribution in [2.45, 2.75) is 19.6 Å². The lowest BCUT2D eigenvalue weighted by Crippen LogP contribution is -2.40. The molecule has 1 heterocycles. The van der Waals surface area contributed by atoms with E-state index in [1.165, 1.54) is 5.56 Å². The van der Waals surface area contributed by atoms with Crippen LogP contribution >= 0.6 is 24.0 Å². The molecule has 31 heavy (non-hydrogen) atoms. The highest BCUT2D eigenvalue weighted by Crippen LogP contribution is 2.19. The summed E-state index contributed by atoms with van der Waals surface area (Å²) >= 11 is 0. The Balaban J connectivity index is 0.00000341. The van der Waals surface area contributed by atoms with Crippen molar-refractivity contribution in [3.8, 4) is 0 Å². The minimum Gasteiger partial charge on any atom is -0.376 e. The molecule has 0 aromatic heterocycles. The van der Waals surface area contributed by atoms with Crippen molar-refractivity contribution < 1.29 is 13.2 Å². The molecule has 1 atom stereocenters. The molecule has 7 nitrogen and oxygen atoms in total. The monoisotopic (exact) mass is 558 g/mol. The van der Waals surface area contributed by atoms with Crippen LogP contribution in [0.4, 0.5) is 5.69 Å². The Morgan fingerprint density at radius 2 is 1.87 bits per heavy atom. The zero-order valence-corrected chi connectivity index (χ0v) is 21.1. The summed E-state index contributed by atoms with van der Waals surface area (Å²) in [4.78, 5) is 6.63. The van der Waals surface area contributed by atoms with Crippen LogP contribution in [-0.4, -0.2) is 52.3 Å². The van der Waals surface area contributed by atoms with Crippen LogP contribution < -0.4 is 10.0 Å². The quantitative estimate of drug-likeness (QED) is 0.295. The lowest BCUT2D eigenvalue weighted by atomic mass is 10.1. The molecule has 2 N–H and O–H groups in total. The fraction of sp³-hybridized carbons (Fsp3) is 0.409. The number of nitrogens with zero attached hydrogens (tertiary/aromatic N) is 2. The van der Waals surface area contributed by atoms with E-state index >= 15 is 0 Å². The summed E-state index contributed by atoms with van der Waals surface area (Å²) in [5.41, 5.74) is 2.63. The van der Waals surface area contributed by atoms with Crippen LogP contribution in [0.3, 0.4) is 0 Å². The van der Waals surface area contributed by atoms with E-state index in [0.29, 0.717) is 24.8 Å². The third-order valence-electron chi connectivity index (χ3n) is 5.01. The normalized spacial score (nSPS) is 16.6. The first kappa shape index (κ1) is 25.4. The first-order chi connectivity index (χ1) is 14.4. The number of ether oxygens (including phenoxy) is 1. The third kappa shape index (κ3) is 8.30. The number of anilines is 1. The van der Waals surface area contributed by atoms with Crippen LogP contribution in [-0.2, 0) is 27.9 Å². The largest absolute Gasteiger partial charge is 0.376 e. The Morgan fingerprint density at radius 1 is 1.16 bits per heavy atom. The zero-order valence-electron chi connectivity index (χ0n) is 18.0. The van der Waals surface area contributed by atoms with E-state index in [0.717, 1.165) is 43.9 Å². The van der Waals surface area contributed by atoms with Crippen molar-refractivity contribution in [1.29, 1.82) is 0 Å². The van der Waals surface area contributed by atoms with E-state index < -0.39 is 10.0 Å². The molecule has 1 unspecified atom stereocenters. The van der Waals surface area contributed by atoms with Gasteiger partial charge in [0.1, 0.15) is 0 Å². The minimum atomic E-state index is -3.33. The molecule has 0 aliphatic carbocycles. The van der Waals surface area contributed by atoms with Gasteiger partial charge in [0.05, 0.1) is 25.2 Å². The summed E-state index contributed by atoms with van der Waals surface area (Å²) in [5, 5.41) is 3.36. The standard InChI is InChI=1S/C22H30N4O3S.HI/c1-23-22(24-14-20-10-6-7-11-21(20)25-30(2,27)28)26-13-12-19(15-26)17-29-16-18-8-4-3-5-9-18;/h3-11,19,25H,12-17H2,1-2H3,(H,23,24);1H. The molecular weight excluding hydrogens is 527 g/mol. The number of hydrogen-bond acceptors (Lipinski definition) is 4. The fourth-order valence-corrected chi connectivity index (χ4v) is 4.16. The van der Waals surface area contributed by atoms with Gasteiger partial charge in [0.25, 0.3) is 0 Å². The van der Waals surface area contributed by atoms with Gasteiger partial charge in [-0.05, 0) is 23.6 Å². The average Bonchev–Trinajstić information content (AvgIpc) is 3.18. The molecule has 0 radical (unpaired) electrons. The van der Waals surface area contributed by atoms with Gasteiger partial charge in [-0.25, -0.2) is 8.42 Å². The van der Waals surface area contributed by atoms with E-state index in [1.807, 2.05) is 36.4 Å². The third-order valence-corrected chi connectivity index (χ3v) is 5.60. The van der Waals surface area contributed by atoms with Gasteiger partial charge in [0.2, 0.25) is 10.0 Å². The second-order valence-electron chi connectivity index (χ2n) is 7.53. The second kappa shape index (κ2) is 12.3. The molecule has 0 bridgehead atoms. The van der Waals surface area contributed by atoms with Gasteiger partial charge in [0.15, 0.2) is 5.96 Å². The number of aliphatic imine (C=N–C) groups is 1. The summed E-state index contributed by atoms with van der Waals surface area (Å²) in [5.74, 6) is 1.28. The second-order valence-corrected chi connectivity index (χ2v) is 9.28. The van der Waals surface area contributed by atoms with Crippen molar-refractivity contribution in [3.05, 3.63) is 65.7 Å². The summed E-state index contributed by atoms with van der Waals surface area (Å²) in [6.45, 7) is 3.65. The maximum Gasteiger partial charge on any atom is 0.229 e. The van der Waals surface area contributed by atoms with E-state index in [-0.39, 0.29) is 24.0 Å². The lowest BCUT2D eigenvalue weighted by Gasteiger charge is -2.22. The number of sulfonamides is 1. The molecule has 1 saturated heterocycles. The van der Waals surface area contributed by atoms with Gasteiger partial charge in [-0.2, -0.15) is 0 Å². The summed E-state index contributed by atoms with van der Waals surface area (Å²) < 4.78 is 31.7. The van der Waals surface area contributed by atoms with Gasteiger partial charge < -0.3 is 15.0 Å². The summed E-state index contributed by atoms with van der Waals surface area (Å²) in [6, 6.07) is 17.6. The maximum atomic E-state index is 11.6. The van der Waals surface area contributed by atoms with Gasteiger partial charge in [-0.1, -0.05) is 48.5 Å². The SMILES string of the molecule is CN=C(NCc1ccccc1NS(C)(=O)=O)N1CCC(COCc2ccccc2)C1.I. The first-order valence-electron chi connectivity index (χ1n) is 10.1. The number of likely N-dealkylation sites (tertiary alicyclic amines) is 1. The van der Waals surface area contributed by atoms with E-state index in [4.69, 9.17) is 4.74 Å². The van der Waals surface area contributed by atoms with Crippen LogP contribution in [0.5, 0.6) is 0 Å². The highest BCUT2D eigenvalue weighted by Gasteiger charge is 2.25. The van der Waals surface area contributed by atoms with Crippen LogP contribution in [0.25, 0.3) is 0 Å². The number of guanidine groups is 1. The zero-order chi connectivity index (χ0) is 21.4. The van der Waals surface area contributed by atoms with Crippen LogP contribution in [0.15, 0.2) is 59.6 Å². The molecule has 170 valence electrons. The predicted octanol–water partition coefficient (Wildman–Crippen LogP) is 3.29. The average molecular weight is 558 g/mol. The van der Waals surface area contributed by atoms with Crippen LogP contribution in [0.2, 0.25) is 0 Å². The topological polar surface area (TPSA) is 83.0 Å². The number of nitrogens with one attached hydrogen (secondary N) is 2. The molecule has 0 spiro atoms. The van der Waals surface area contributed by atoms with Gasteiger partial charge in [0, 0.05) is 32.6 Å². The molecular formula is C22H31IN4O3S. The molecule has 9 heteroatoms. The Hall–Kier alpha value is -1.85. The Bertz CT molecular complexity index is 954. The van der Waals surface area contributed by atoms with Crippen molar-refractivity contribution >= 4 is 45.6 Å². The highest BCUT2D eigenvalue weighted by molar-refractivity contribution is 14.0.